The normalized spacial score (nSPS) is 10.2. The van der Waals surface area contributed by atoms with Gasteiger partial charge in [-0.25, -0.2) is 0 Å². The SMILES string of the molecule is COc1cccc(CNCc2ccccc2C(N)=O)c1. The van der Waals surface area contributed by atoms with Crippen LogP contribution in [-0.2, 0) is 13.1 Å². The summed E-state index contributed by atoms with van der Waals surface area (Å²) in [7, 11) is 1.65. The second-order valence-corrected chi connectivity index (χ2v) is 4.48. The summed E-state index contributed by atoms with van der Waals surface area (Å²) >= 11 is 0. The van der Waals surface area contributed by atoms with Crippen LogP contribution >= 0.6 is 0 Å². The van der Waals surface area contributed by atoms with Crippen LogP contribution in [0.25, 0.3) is 0 Å². The summed E-state index contributed by atoms with van der Waals surface area (Å²) in [5.41, 5.74) is 7.94. The summed E-state index contributed by atoms with van der Waals surface area (Å²) in [5.74, 6) is 0.436. The molecule has 104 valence electrons. The third-order valence-corrected chi connectivity index (χ3v) is 3.06. The van der Waals surface area contributed by atoms with Gasteiger partial charge in [0.25, 0.3) is 0 Å². The lowest BCUT2D eigenvalue weighted by atomic mass is 10.1. The summed E-state index contributed by atoms with van der Waals surface area (Å²) in [4.78, 5) is 11.3. The van der Waals surface area contributed by atoms with E-state index in [9.17, 15) is 4.79 Å². The van der Waals surface area contributed by atoms with Crippen LogP contribution in [0.1, 0.15) is 21.5 Å². The van der Waals surface area contributed by atoms with E-state index >= 15 is 0 Å². The van der Waals surface area contributed by atoms with Gasteiger partial charge in [0.05, 0.1) is 7.11 Å². The maximum Gasteiger partial charge on any atom is 0.249 e. The zero-order valence-electron chi connectivity index (χ0n) is 11.4. The number of amides is 1. The van der Waals surface area contributed by atoms with Crippen molar-refractivity contribution in [3.63, 3.8) is 0 Å². The third-order valence-electron chi connectivity index (χ3n) is 3.06. The highest BCUT2D eigenvalue weighted by Crippen LogP contribution is 2.13. The molecule has 0 saturated heterocycles. The minimum Gasteiger partial charge on any atom is -0.497 e. The first kappa shape index (κ1) is 14.1. The average molecular weight is 270 g/mol. The first-order valence-corrected chi connectivity index (χ1v) is 6.42. The second-order valence-electron chi connectivity index (χ2n) is 4.48. The highest BCUT2D eigenvalue weighted by atomic mass is 16.5. The summed E-state index contributed by atoms with van der Waals surface area (Å²) in [6.45, 7) is 1.29. The molecule has 0 spiro atoms. The molecule has 0 aliphatic rings. The highest BCUT2D eigenvalue weighted by Gasteiger charge is 2.06. The van der Waals surface area contributed by atoms with Crippen LogP contribution < -0.4 is 15.8 Å². The highest BCUT2D eigenvalue weighted by molar-refractivity contribution is 5.94. The third kappa shape index (κ3) is 3.59. The van der Waals surface area contributed by atoms with Crippen LogP contribution in [0.5, 0.6) is 5.75 Å². The maximum absolute atomic E-state index is 11.3. The van der Waals surface area contributed by atoms with Crippen LogP contribution in [0.15, 0.2) is 48.5 Å². The molecule has 0 saturated carbocycles. The lowest BCUT2D eigenvalue weighted by molar-refractivity contribution is 0.0999. The number of hydrogen-bond acceptors (Lipinski definition) is 3. The van der Waals surface area contributed by atoms with E-state index in [1.54, 1.807) is 13.2 Å². The number of nitrogens with one attached hydrogen (secondary N) is 1. The van der Waals surface area contributed by atoms with Crippen molar-refractivity contribution >= 4 is 5.91 Å². The van der Waals surface area contributed by atoms with Crippen LogP contribution in [0.4, 0.5) is 0 Å². The van der Waals surface area contributed by atoms with Crippen molar-refractivity contribution in [1.82, 2.24) is 5.32 Å². The van der Waals surface area contributed by atoms with Crippen molar-refractivity contribution in [2.45, 2.75) is 13.1 Å². The lowest BCUT2D eigenvalue weighted by Gasteiger charge is -2.09. The number of ether oxygens (including phenoxy) is 1. The van der Waals surface area contributed by atoms with Crippen LogP contribution in [-0.4, -0.2) is 13.0 Å². The fourth-order valence-corrected chi connectivity index (χ4v) is 2.04. The molecule has 2 aromatic rings. The van der Waals surface area contributed by atoms with E-state index in [0.29, 0.717) is 18.7 Å². The molecular formula is C16H18N2O2. The Kier molecular flexibility index (Phi) is 4.74. The minimum atomic E-state index is -0.399. The van der Waals surface area contributed by atoms with Gasteiger partial charge in [0.15, 0.2) is 0 Å². The zero-order chi connectivity index (χ0) is 14.4. The van der Waals surface area contributed by atoms with Gasteiger partial charge in [-0.3, -0.25) is 4.79 Å². The standard InChI is InChI=1S/C16H18N2O2/c1-20-14-7-4-5-12(9-14)10-18-11-13-6-2-3-8-15(13)16(17)19/h2-9,18H,10-11H2,1H3,(H2,17,19). The summed E-state index contributed by atoms with van der Waals surface area (Å²) in [5, 5.41) is 3.30. The second kappa shape index (κ2) is 6.73. The number of carbonyl (C=O) groups is 1. The molecule has 0 atom stereocenters. The minimum absolute atomic E-state index is 0.399. The number of rotatable bonds is 6. The molecule has 0 aromatic heterocycles. The van der Waals surface area contributed by atoms with E-state index in [0.717, 1.165) is 16.9 Å². The molecule has 20 heavy (non-hydrogen) atoms. The zero-order valence-corrected chi connectivity index (χ0v) is 11.4. The van der Waals surface area contributed by atoms with Gasteiger partial charge in [-0.1, -0.05) is 30.3 Å². The molecule has 0 unspecified atom stereocenters. The number of nitrogens with two attached hydrogens (primary N) is 1. The fraction of sp³-hybridized carbons (Fsp3) is 0.188. The Bertz CT molecular complexity index is 597. The smallest absolute Gasteiger partial charge is 0.249 e. The van der Waals surface area contributed by atoms with Gasteiger partial charge in [-0.2, -0.15) is 0 Å². The molecule has 0 aliphatic heterocycles. The van der Waals surface area contributed by atoms with E-state index in [4.69, 9.17) is 10.5 Å². The number of primary amides is 1. The molecule has 4 nitrogen and oxygen atoms in total. The summed E-state index contributed by atoms with van der Waals surface area (Å²) < 4.78 is 5.18. The molecule has 0 aliphatic carbocycles. The van der Waals surface area contributed by atoms with Crippen LogP contribution in [0, 0.1) is 0 Å². The van der Waals surface area contributed by atoms with E-state index < -0.39 is 5.91 Å². The predicted molar refractivity (Wildman–Crippen MR) is 78.5 cm³/mol. The molecule has 0 fully saturated rings. The molecular weight excluding hydrogens is 252 g/mol. The largest absolute Gasteiger partial charge is 0.497 e. The maximum atomic E-state index is 11.3. The number of benzene rings is 2. The lowest BCUT2D eigenvalue weighted by Crippen LogP contribution is -2.18. The molecule has 3 N–H and O–H groups in total. The van der Waals surface area contributed by atoms with Crippen molar-refractivity contribution < 1.29 is 9.53 Å². The summed E-state index contributed by atoms with van der Waals surface area (Å²) in [6.07, 6.45) is 0. The van der Waals surface area contributed by atoms with Crippen molar-refractivity contribution in [3.8, 4) is 5.75 Å². The topological polar surface area (TPSA) is 64.3 Å². The Morgan fingerprint density at radius 3 is 2.70 bits per heavy atom. The van der Waals surface area contributed by atoms with Crippen molar-refractivity contribution in [3.05, 3.63) is 65.2 Å². The van der Waals surface area contributed by atoms with Crippen LogP contribution in [0.2, 0.25) is 0 Å². The van der Waals surface area contributed by atoms with E-state index in [-0.39, 0.29) is 0 Å². The van der Waals surface area contributed by atoms with Gasteiger partial charge in [0.1, 0.15) is 5.75 Å². The molecule has 0 radical (unpaired) electrons. The van der Waals surface area contributed by atoms with Crippen molar-refractivity contribution in [2.24, 2.45) is 5.73 Å². The van der Waals surface area contributed by atoms with Gasteiger partial charge >= 0.3 is 0 Å². The van der Waals surface area contributed by atoms with Gasteiger partial charge in [-0.15, -0.1) is 0 Å². The molecule has 2 aromatic carbocycles. The molecule has 1 amide bonds. The quantitative estimate of drug-likeness (QED) is 0.844. The first-order valence-electron chi connectivity index (χ1n) is 6.42. The Morgan fingerprint density at radius 2 is 1.95 bits per heavy atom. The van der Waals surface area contributed by atoms with E-state index in [1.165, 1.54) is 0 Å². The Labute approximate surface area is 118 Å². The number of methoxy groups -OCH3 is 1. The molecule has 0 bridgehead atoms. The van der Waals surface area contributed by atoms with Gasteiger partial charge in [0.2, 0.25) is 5.91 Å². The van der Waals surface area contributed by atoms with Gasteiger partial charge in [-0.05, 0) is 29.3 Å². The molecule has 0 heterocycles. The Hall–Kier alpha value is -2.33. The fourth-order valence-electron chi connectivity index (χ4n) is 2.04. The Balaban J connectivity index is 1.97. The molecule has 2 rings (SSSR count). The van der Waals surface area contributed by atoms with Crippen molar-refractivity contribution in [2.75, 3.05) is 7.11 Å². The first-order chi connectivity index (χ1) is 9.70. The van der Waals surface area contributed by atoms with E-state index in [1.807, 2.05) is 42.5 Å². The number of carbonyl (C=O) groups excluding carboxylic acids is 1. The summed E-state index contributed by atoms with van der Waals surface area (Å²) in [6, 6.07) is 15.2. The van der Waals surface area contributed by atoms with Crippen molar-refractivity contribution in [1.29, 1.82) is 0 Å². The van der Waals surface area contributed by atoms with Gasteiger partial charge < -0.3 is 15.8 Å². The monoisotopic (exact) mass is 270 g/mol. The predicted octanol–water partition coefficient (Wildman–Crippen LogP) is 2.08. The van der Waals surface area contributed by atoms with E-state index in [2.05, 4.69) is 5.32 Å². The van der Waals surface area contributed by atoms with Gasteiger partial charge in [0, 0.05) is 18.7 Å². The molecule has 4 heteroatoms. The average Bonchev–Trinajstić information content (AvgIpc) is 2.48. The van der Waals surface area contributed by atoms with Crippen LogP contribution in [0.3, 0.4) is 0 Å². The Morgan fingerprint density at radius 1 is 1.15 bits per heavy atom. The number of hydrogen-bond donors (Lipinski definition) is 2.